The SMILES string of the molecule is CCN(C(N)=O)c1cccc(F)c1. The second-order valence-electron chi connectivity index (χ2n) is 2.56. The van der Waals surface area contributed by atoms with Crippen LogP contribution in [-0.2, 0) is 0 Å². The van der Waals surface area contributed by atoms with Crippen LogP contribution in [-0.4, -0.2) is 12.6 Å². The Bertz CT molecular complexity index is 314. The number of nitrogens with zero attached hydrogens (tertiary/aromatic N) is 1. The van der Waals surface area contributed by atoms with Crippen LogP contribution >= 0.6 is 0 Å². The summed E-state index contributed by atoms with van der Waals surface area (Å²) in [7, 11) is 0. The Hall–Kier alpha value is -1.58. The fraction of sp³-hybridized carbons (Fsp3) is 0.222. The quantitative estimate of drug-likeness (QED) is 0.743. The number of nitrogens with two attached hydrogens (primary N) is 1. The molecule has 0 saturated heterocycles. The first-order valence-electron chi connectivity index (χ1n) is 3.97. The molecule has 13 heavy (non-hydrogen) atoms. The van der Waals surface area contributed by atoms with E-state index < -0.39 is 6.03 Å². The van der Waals surface area contributed by atoms with Gasteiger partial charge in [0.25, 0.3) is 0 Å². The number of carbonyl (C=O) groups excluding carboxylic acids is 1. The minimum atomic E-state index is -0.576. The average Bonchev–Trinajstić information content (AvgIpc) is 2.04. The van der Waals surface area contributed by atoms with Gasteiger partial charge in [0, 0.05) is 12.2 Å². The zero-order valence-electron chi connectivity index (χ0n) is 7.33. The molecule has 0 radical (unpaired) electrons. The van der Waals surface area contributed by atoms with Gasteiger partial charge in [-0.2, -0.15) is 0 Å². The minimum absolute atomic E-state index is 0.378. The molecule has 2 amide bonds. The van der Waals surface area contributed by atoms with Crippen molar-refractivity contribution in [3.63, 3.8) is 0 Å². The molecule has 1 aromatic rings. The molecule has 0 heterocycles. The van der Waals surface area contributed by atoms with Crippen molar-refractivity contribution in [2.24, 2.45) is 5.73 Å². The molecule has 70 valence electrons. The molecule has 0 aliphatic carbocycles. The largest absolute Gasteiger partial charge is 0.351 e. The molecule has 0 saturated carbocycles. The van der Waals surface area contributed by atoms with Gasteiger partial charge in [-0.3, -0.25) is 4.90 Å². The highest BCUT2D eigenvalue weighted by molar-refractivity contribution is 5.90. The molecule has 0 aromatic heterocycles. The van der Waals surface area contributed by atoms with E-state index in [-0.39, 0.29) is 5.82 Å². The van der Waals surface area contributed by atoms with Gasteiger partial charge in [-0.1, -0.05) is 6.07 Å². The van der Waals surface area contributed by atoms with Crippen LogP contribution in [0, 0.1) is 5.82 Å². The molecule has 0 fully saturated rings. The Balaban J connectivity index is 2.98. The number of hydrogen-bond donors (Lipinski definition) is 1. The van der Waals surface area contributed by atoms with Gasteiger partial charge in [-0.05, 0) is 25.1 Å². The summed E-state index contributed by atoms with van der Waals surface area (Å²) in [5.41, 5.74) is 5.58. The lowest BCUT2D eigenvalue weighted by molar-refractivity contribution is 0.254. The van der Waals surface area contributed by atoms with Crippen LogP contribution in [0.15, 0.2) is 24.3 Å². The van der Waals surface area contributed by atoms with Crippen molar-refractivity contribution in [2.45, 2.75) is 6.92 Å². The van der Waals surface area contributed by atoms with E-state index >= 15 is 0 Å². The lowest BCUT2D eigenvalue weighted by Crippen LogP contribution is -2.35. The van der Waals surface area contributed by atoms with Gasteiger partial charge in [0.05, 0.1) is 0 Å². The topological polar surface area (TPSA) is 46.3 Å². The number of hydrogen-bond acceptors (Lipinski definition) is 1. The monoisotopic (exact) mass is 182 g/mol. The van der Waals surface area contributed by atoms with E-state index in [0.29, 0.717) is 12.2 Å². The highest BCUT2D eigenvalue weighted by Crippen LogP contribution is 2.14. The molecule has 2 N–H and O–H groups in total. The number of benzene rings is 1. The Kier molecular flexibility index (Phi) is 2.84. The molecule has 0 aliphatic heterocycles. The zero-order valence-corrected chi connectivity index (χ0v) is 7.33. The van der Waals surface area contributed by atoms with Crippen molar-refractivity contribution in [2.75, 3.05) is 11.4 Å². The number of anilines is 1. The number of amides is 2. The van der Waals surface area contributed by atoms with Gasteiger partial charge in [-0.25, -0.2) is 9.18 Å². The maximum Gasteiger partial charge on any atom is 0.319 e. The Morgan fingerprint density at radius 3 is 2.77 bits per heavy atom. The zero-order chi connectivity index (χ0) is 9.84. The van der Waals surface area contributed by atoms with Crippen LogP contribution in [0.2, 0.25) is 0 Å². The predicted molar refractivity (Wildman–Crippen MR) is 49.0 cm³/mol. The summed E-state index contributed by atoms with van der Waals surface area (Å²) in [5, 5.41) is 0. The summed E-state index contributed by atoms with van der Waals surface area (Å²) in [4.78, 5) is 12.2. The van der Waals surface area contributed by atoms with E-state index in [9.17, 15) is 9.18 Å². The smallest absolute Gasteiger partial charge is 0.319 e. The molecular weight excluding hydrogens is 171 g/mol. The maximum atomic E-state index is 12.7. The van der Waals surface area contributed by atoms with Crippen LogP contribution < -0.4 is 10.6 Å². The Morgan fingerprint density at radius 1 is 1.62 bits per heavy atom. The van der Waals surface area contributed by atoms with Crippen LogP contribution in [0.25, 0.3) is 0 Å². The van der Waals surface area contributed by atoms with E-state index in [4.69, 9.17) is 5.73 Å². The summed E-state index contributed by atoms with van der Waals surface area (Å²) in [6.45, 7) is 2.20. The number of urea groups is 1. The minimum Gasteiger partial charge on any atom is -0.351 e. The fourth-order valence-corrected chi connectivity index (χ4v) is 1.11. The van der Waals surface area contributed by atoms with Crippen molar-refractivity contribution in [1.82, 2.24) is 0 Å². The molecule has 0 atom stereocenters. The van der Waals surface area contributed by atoms with E-state index in [1.165, 1.54) is 23.1 Å². The standard InChI is InChI=1S/C9H11FN2O/c1-2-12(9(11)13)8-5-3-4-7(10)6-8/h3-6H,2H2,1H3,(H2,11,13). The van der Waals surface area contributed by atoms with E-state index in [0.717, 1.165) is 0 Å². The first kappa shape index (κ1) is 9.51. The van der Waals surface area contributed by atoms with Crippen LogP contribution in [0.4, 0.5) is 14.9 Å². The highest BCUT2D eigenvalue weighted by Gasteiger charge is 2.09. The summed E-state index contributed by atoms with van der Waals surface area (Å²) in [6, 6.07) is 5.19. The molecule has 1 rings (SSSR count). The number of primary amides is 1. The summed E-state index contributed by atoms with van der Waals surface area (Å²) in [5.74, 6) is -0.378. The molecule has 3 nitrogen and oxygen atoms in total. The fourth-order valence-electron chi connectivity index (χ4n) is 1.11. The lowest BCUT2D eigenvalue weighted by Gasteiger charge is -2.17. The van der Waals surface area contributed by atoms with E-state index in [1.54, 1.807) is 13.0 Å². The Morgan fingerprint density at radius 2 is 2.31 bits per heavy atom. The van der Waals surface area contributed by atoms with Crippen molar-refractivity contribution < 1.29 is 9.18 Å². The number of rotatable bonds is 2. The van der Waals surface area contributed by atoms with Gasteiger partial charge in [0.2, 0.25) is 0 Å². The van der Waals surface area contributed by atoms with Crippen molar-refractivity contribution >= 4 is 11.7 Å². The second kappa shape index (κ2) is 3.89. The number of carbonyl (C=O) groups is 1. The highest BCUT2D eigenvalue weighted by atomic mass is 19.1. The summed E-state index contributed by atoms with van der Waals surface area (Å²) >= 11 is 0. The maximum absolute atomic E-state index is 12.7. The average molecular weight is 182 g/mol. The van der Waals surface area contributed by atoms with Gasteiger partial charge in [0.1, 0.15) is 5.82 Å². The van der Waals surface area contributed by atoms with Gasteiger partial charge < -0.3 is 5.73 Å². The van der Waals surface area contributed by atoms with Crippen LogP contribution in [0.5, 0.6) is 0 Å². The lowest BCUT2D eigenvalue weighted by atomic mass is 10.3. The molecule has 1 aromatic carbocycles. The first-order chi connectivity index (χ1) is 6.15. The molecule has 0 spiro atoms. The molecule has 4 heteroatoms. The molecule has 0 aliphatic rings. The van der Waals surface area contributed by atoms with E-state index in [1.807, 2.05) is 0 Å². The third kappa shape index (κ3) is 2.18. The molecule has 0 bridgehead atoms. The summed E-state index contributed by atoms with van der Waals surface area (Å²) in [6.07, 6.45) is 0. The normalized spacial score (nSPS) is 9.69. The number of halogens is 1. The second-order valence-corrected chi connectivity index (χ2v) is 2.56. The van der Waals surface area contributed by atoms with E-state index in [2.05, 4.69) is 0 Å². The third-order valence-corrected chi connectivity index (χ3v) is 1.70. The first-order valence-corrected chi connectivity index (χ1v) is 3.97. The van der Waals surface area contributed by atoms with Crippen molar-refractivity contribution in [3.05, 3.63) is 30.1 Å². The van der Waals surface area contributed by atoms with Gasteiger partial charge in [-0.15, -0.1) is 0 Å². The predicted octanol–water partition coefficient (Wildman–Crippen LogP) is 1.73. The Labute approximate surface area is 76.0 Å². The summed E-state index contributed by atoms with van der Waals surface area (Å²) < 4.78 is 12.7. The molecule has 0 unspecified atom stereocenters. The van der Waals surface area contributed by atoms with Crippen LogP contribution in [0.3, 0.4) is 0 Å². The van der Waals surface area contributed by atoms with Gasteiger partial charge in [0.15, 0.2) is 0 Å². The molecular formula is C9H11FN2O. The van der Waals surface area contributed by atoms with Crippen LogP contribution in [0.1, 0.15) is 6.92 Å². The third-order valence-electron chi connectivity index (χ3n) is 1.70. The van der Waals surface area contributed by atoms with Gasteiger partial charge >= 0.3 is 6.03 Å². The van der Waals surface area contributed by atoms with Crippen molar-refractivity contribution in [3.8, 4) is 0 Å². The van der Waals surface area contributed by atoms with Crippen molar-refractivity contribution in [1.29, 1.82) is 0 Å².